The van der Waals surface area contributed by atoms with Crippen LogP contribution in [0, 0.1) is 13.8 Å². The summed E-state index contributed by atoms with van der Waals surface area (Å²) in [5.74, 6) is 1.32. The smallest absolute Gasteiger partial charge is 0.252 e. The average molecular weight is 320 g/mol. The van der Waals surface area contributed by atoms with Crippen LogP contribution in [0.15, 0.2) is 33.7 Å². The molecule has 0 saturated heterocycles. The van der Waals surface area contributed by atoms with Gasteiger partial charge >= 0.3 is 0 Å². The second kappa shape index (κ2) is 7.47. The van der Waals surface area contributed by atoms with Crippen LogP contribution in [-0.4, -0.2) is 28.8 Å². The van der Waals surface area contributed by atoms with Gasteiger partial charge in [0.15, 0.2) is 0 Å². The molecule has 5 nitrogen and oxygen atoms in total. The van der Waals surface area contributed by atoms with Crippen molar-refractivity contribution in [1.82, 2.24) is 10.5 Å². The zero-order valence-corrected chi connectivity index (χ0v) is 13.7. The zero-order valence-electron chi connectivity index (χ0n) is 12.9. The Kier molecular flexibility index (Phi) is 5.63. The van der Waals surface area contributed by atoms with Crippen molar-refractivity contribution in [3.63, 3.8) is 0 Å². The summed E-state index contributed by atoms with van der Waals surface area (Å²) in [4.78, 5) is 13.2. The number of nitrogens with zero attached hydrogens (tertiary/aromatic N) is 1. The Bertz CT molecular complexity index is 635. The molecule has 0 saturated carbocycles. The van der Waals surface area contributed by atoms with Gasteiger partial charge in [-0.05, 0) is 32.9 Å². The van der Waals surface area contributed by atoms with Crippen LogP contribution in [0.5, 0.6) is 0 Å². The second-order valence-corrected chi connectivity index (χ2v) is 6.16. The minimum absolute atomic E-state index is 0.0832. The highest BCUT2D eigenvalue weighted by Gasteiger charge is 2.15. The molecule has 2 aromatic rings. The van der Waals surface area contributed by atoms with Crippen molar-refractivity contribution in [3.8, 4) is 0 Å². The third kappa shape index (κ3) is 3.90. The molecule has 0 spiro atoms. The minimum atomic E-state index is -0.270. The Hall–Kier alpha value is -1.79. The quantitative estimate of drug-likeness (QED) is 0.800. The number of carbonyl (C=O) groups excluding carboxylic acids is 1. The van der Waals surface area contributed by atoms with Crippen molar-refractivity contribution < 1.29 is 14.4 Å². The molecule has 6 heteroatoms. The number of carbonyl (C=O) groups is 1. The van der Waals surface area contributed by atoms with Gasteiger partial charge in [-0.3, -0.25) is 4.79 Å². The first-order valence-electron chi connectivity index (χ1n) is 7.08. The lowest BCUT2D eigenvalue weighted by molar-refractivity contribution is 0.0919. The fourth-order valence-electron chi connectivity index (χ4n) is 1.99. The van der Waals surface area contributed by atoms with Crippen LogP contribution in [-0.2, 0) is 5.75 Å². The predicted molar refractivity (Wildman–Crippen MR) is 86.0 cm³/mol. The highest BCUT2D eigenvalue weighted by molar-refractivity contribution is 7.98. The molecule has 0 fully saturated rings. The molecule has 2 N–H and O–H groups in total. The molecule has 1 aromatic carbocycles. The lowest BCUT2D eigenvalue weighted by Gasteiger charge is -2.13. The van der Waals surface area contributed by atoms with Crippen LogP contribution in [0.2, 0.25) is 0 Å². The molecule has 0 aliphatic carbocycles. The van der Waals surface area contributed by atoms with Crippen molar-refractivity contribution in [2.45, 2.75) is 37.5 Å². The number of benzene rings is 1. The summed E-state index contributed by atoms with van der Waals surface area (Å²) < 4.78 is 5.16. The minimum Gasteiger partial charge on any atom is -0.394 e. The van der Waals surface area contributed by atoms with E-state index in [1.54, 1.807) is 24.8 Å². The Morgan fingerprint density at radius 1 is 1.41 bits per heavy atom. The van der Waals surface area contributed by atoms with Crippen molar-refractivity contribution >= 4 is 17.7 Å². The maximum absolute atomic E-state index is 12.3. The van der Waals surface area contributed by atoms with Crippen LogP contribution in [0.4, 0.5) is 0 Å². The third-order valence-corrected chi connectivity index (χ3v) is 4.44. The van der Waals surface area contributed by atoms with Crippen LogP contribution < -0.4 is 5.32 Å². The summed E-state index contributed by atoms with van der Waals surface area (Å²) >= 11 is 1.57. The molecule has 1 heterocycles. The largest absolute Gasteiger partial charge is 0.394 e. The third-order valence-electron chi connectivity index (χ3n) is 3.34. The molecule has 1 aromatic heterocycles. The summed E-state index contributed by atoms with van der Waals surface area (Å²) in [5, 5.41) is 15.8. The van der Waals surface area contributed by atoms with E-state index in [2.05, 4.69) is 10.5 Å². The molecule has 0 aliphatic rings. The molecule has 2 rings (SSSR count). The highest BCUT2D eigenvalue weighted by Crippen LogP contribution is 2.28. The number of amides is 1. The van der Waals surface area contributed by atoms with E-state index in [9.17, 15) is 4.79 Å². The molecular weight excluding hydrogens is 300 g/mol. The summed E-state index contributed by atoms with van der Waals surface area (Å²) in [7, 11) is 0. The number of nitrogens with one attached hydrogen (secondary N) is 1. The molecule has 1 atom stereocenters. The normalized spacial score (nSPS) is 12.2. The van der Waals surface area contributed by atoms with Crippen molar-refractivity contribution in [2.75, 3.05) is 6.61 Å². The molecule has 22 heavy (non-hydrogen) atoms. The second-order valence-electron chi connectivity index (χ2n) is 5.14. The molecular formula is C16H20N2O3S. The number of aliphatic hydroxyl groups is 1. The van der Waals surface area contributed by atoms with Gasteiger partial charge < -0.3 is 14.9 Å². The summed E-state index contributed by atoms with van der Waals surface area (Å²) in [6.07, 6.45) is 0. The van der Waals surface area contributed by atoms with Gasteiger partial charge in [-0.15, -0.1) is 11.8 Å². The SMILES string of the molecule is Cc1noc(C)c1CSc1ccccc1C(=O)N[C@H](C)CO. The fraction of sp³-hybridized carbons (Fsp3) is 0.375. The fourth-order valence-corrected chi connectivity index (χ4v) is 3.19. The molecule has 0 unspecified atom stereocenters. The van der Waals surface area contributed by atoms with Gasteiger partial charge in [-0.1, -0.05) is 17.3 Å². The zero-order chi connectivity index (χ0) is 16.1. The number of aryl methyl sites for hydroxylation is 2. The Morgan fingerprint density at radius 2 is 2.14 bits per heavy atom. The van der Waals surface area contributed by atoms with Crippen molar-refractivity contribution in [1.29, 1.82) is 0 Å². The summed E-state index contributed by atoms with van der Waals surface area (Å²) in [6, 6.07) is 7.17. The number of aromatic nitrogens is 1. The van der Waals surface area contributed by atoms with E-state index < -0.39 is 0 Å². The molecule has 0 radical (unpaired) electrons. The number of rotatable bonds is 6. The Labute approximate surface area is 134 Å². The Balaban J connectivity index is 2.13. The standard InChI is InChI=1S/C16H20N2O3S/c1-10(8-19)17-16(20)13-6-4-5-7-15(13)22-9-14-11(2)18-21-12(14)3/h4-7,10,19H,8-9H2,1-3H3,(H,17,20)/t10-/m1/s1. The van der Waals surface area contributed by atoms with Gasteiger partial charge in [0.25, 0.3) is 5.91 Å². The van der Waals surface area contributed by atoms with Gasteiger partial charge in [0.2, 0.25) is 0 Å². The molecule has 118 valence electrons. The Morgan fingerprint density at radius 3 is 2.77 bits per heavy atom. The van der Waals surface area contributed by atoms with E-state index in [1.165, 1.54) is 0 Å². The number of hydrogen-bond donors (Lipinski definition) is 2. The van der Waals surface area contributed by atoms with E-state index >= 15 is 0 Å². The summed E-state index contributed by atoms with van der Waals surface area (Å²) in [5.41, 5.74) is 2.55. The van der Waals surface area contributed by atoms with Gasteiger partial charge in [-0.2, -0.15) is 0 Å². The maximum atomic E-state index is 12.3. The number of thioether (sulfide) groups is 1. The number of hydrogen-bond acceptors (Lipinski definition) is 5. The van der Waals surface area contributed by atoms with Crippen LogP contribution >= 0.6 is 11.8 Å². The van der Waals surface area contributed by atoms with E-state index in [-0.39, 0.29) is 18.6 Å². The van der Waals surface area contributed by atoms with E-state index in [4.69, 9.17) is 9.63 Å². The topological polar surface area (TPSA) is 75.4 Å². The monoisotopic (exact) mass is 320 g/mol. The molecule has 1 amide bonds. The predicted octanol–water partition coefficient (Wildman–Crippen LogP) is 2.69. The first kappa shape index (κ1) is 16.6. The van der Waals surface area contributed by atoms with Gasteiger partial charge in [0.05, 0.1) is 17.9 Å². The lowest BCUT2D eigenvalue weighted by Crippen LogP contribution is -2.35. The van der Waals surface area contributed by atoms with Crippen LogP contribution in [0.1, 0.15) is 34.3 Å². The highest BCUT2D eigenvalue weighted by atomic mass is 32.2. The molecule has 0 bridgehead atoms. The maximum Gasteiger partial charge on any atom is 0.252 e. The van der Waals surface area contributed by atoms with Gasteiger partial charge in [-0.25, -0.2) is 0 Å². The average Bonchev–Trinajstić information content (AvgIpc) is 2.84. The first-order valence-corrected chi connectivity index (χ1v) is 8.06. The van der Waals surface area contributed by atoms with Crippen LogP contribution in [0.3, 0.4) is 0 Å². The van der Waals surface area contributed by atoms with Crippen molar-refractivity contribution in [2.24, 2.45) is 0 Å². The van der Waals surface area contributed by atoms with E-state index in [0.29, 0.717) is 11.3 Å². The first-order chi connectivity index (χ1) is 10.5. The lowest BCUT2D eigenvalue weighted by atomic mass is 10.2. The van der Waals surface area contributed by atoms with Gasteiger partial charge in [0.1, 0.15) is 5.76 Å². The molecule has 0 aliphatic heterocycles. The van der Waals surface area contributed by atoms with Crippen molar-refractivity contribution in [3.05, 3.63) is 46.8 Å². The van der Waals surface area contributed by atoms with E-state index in [0.717, 1.165) is 21.9 Å². The number of aliphatic hydroxyl groups excluding tert-OH is 1. The van der Waals surface area contributed by atoms with Crippen LogP contribution in [0.25, 0.3) is 0 Å². The summed E-state index contributed by atoms with van der Waals surface area (Å²) in [6.45, 7) is 5.48. The van der Waals surface area contributed by atoms with Gasteiger partial charge in [0, 0.05) is 22.3 Å². The van der Waals surface area contributed by atoms with E-state index in [1.807, 2.05) is 32.0 Å².